The van der Waals surface area contributed by atoms with Crippen molar-refractivity contribution in [1.29, 1.82) is 0 Å². The van der Waals surface area contributed by atoms with Crippen molar-refractivity contribution in [3.05, 3.63) is 35.0 Å². The predicted octanol–water partition coefficient (Wildman–Crippen LogP) is 3.22. The highest BCUT2D eigenvalue weighted by Crippen LogP contribution is 2.23. The number of rotatable bonds is 4. The zero-order chi connectivity index (χ0) is 14.0. The Morgan fingerprint density at radius 3 is 2.79 bits per heavy atom. The fourth-order valence-corrected chi connectivity index (χ4v) is 2.63. The fourth-order valence-electron chi connectivity index (χ4n) is 2.17. The van der Waals surface area contributed by atoms with E-state index < -0.39 is 0 Å². The van der Waals surface area contributed by atoms with Gasteiger partial charge in [-0.3, -0.25) is 4.79 Å². The van der Waals surface area contributed by atoms with E-state index in [-0.39, 0.29) is 5.91 Å². The van der Waals surface area contributed by atoms with E-state index in [2.05, 4.69) is 30.3 Å². The number of hydrogen-bond donors (Lipinski definition) is 1. The van der Waals surface area contributed by atoms with E-state index in [9.17, 15) is 4.79 Å². The summed E-state index contributed by atoms with van der Waals surface area (Å²) in [6.07, 6.45) is 2.05. The van der Waals surface area contributed by atoms with Crippen molar-refractivity contribution in [1.82, 2.24) is 9.88 Å². The molecule has 0 atom stereocenters. The van der Waals surface area contributed by atoms with Gasteiger partial charge in [-0.2, -0.15) is 11.8 Å². The lowest BCUT2D eigenvalue weighted by atomic mass is 10.1. The second kappa shape index (κ2) is 5.70. The van der Waals surface area contributed by atoms with Gasteiger partial charge in [-0.1, -0.05) is 11.6 Å². The topological polar surface area (TPSA) is 36.1 Å². The number of aromatic nitrogens is 1. The van der Waals surface area contributed by atoms with Gasteiger partial charge < -0.3 is 9.88 Å². The third kappa shape index (κ3) is 2.78. The molecule has 0 aliphatic rings. The van der Waals surface area contributed by atoms with Crippen molar-refractivity contribution >= 4 is 28.6 Å². The molecule has 0 bridgehead atoms. The third-order valence-electron chi connectivity index (χ3n) is 3.41. The quantitative estimate of drug-likeness (QED) is 0.930. The maximum absolute atomic E-state index is 12.4. The maximum atomic E-state index is 12.4. The number of carbonyl (C=O) groups is 1. The van der Waals surface area contributed by atoms with Gasteiger partial charge in [0, 0.05) is 30.2 Å². The molecule has 2 rings (SSSR count). The molecule has 1 aromatic carbocycles. The molecule has 0 saturated carbocycles. The molecule has 1 heterocycles. The minimum atomic E-state index is 0.0698. The molecule has 102 valence electrons. The summed E-state index contributed by atoms with van der Waals surface area (Å²) >= 11 is 1.75. The molecule has 0 saturated heterocycles. The maximum Gasteiger partial charge on any atom is 0.270 e. The zero-order valence-corrected chi connectivity index (χ0v) is 12.7. The SMILES string of the molecule is CSCCN(C)C(=O)c1[nH]c2ccc(C)cc2c1C. The van der Waals surface area contributed by atoms with E-state index >= 15 is 0 Å². The number of amides is 1. The Morgan fingerprint density at radius 2 is 2.11 bits per heavy atom. The first kappa shape index (κ1) is 14.0. The summed E-state index contributed by atoms with van der Waals surface area (Å²) in [6, 6.07) is 6.22. The van der Waals surface area contributed by atoms with Crippen LogP contribution in [0.4, 0.5) is 0 Å². The highest BCUT2D eigenvalue weighted by atomic mass is 32.2. The number of carbonyl (C=O) groups excluding carboxylic acids is 1. The minimum absolute atomic E-state index is 0.0698. The van der Waals surface area contributed by atoms with Crippen LogP contribution in [-0.2, 0) is 0 Å². The van der Waals surface area contributed by atoms with Gasteiger partial charge in [-0.25, -0.2) is 0 Å². The van der Waals surface area contributed by atoms with Crippen LogP contribution in [0.25, 0.3) is 10.9 Å². The van der Waals surface area contributed by atoms with Crippen molar-refractivity contribution in [3.8, 4) is 0 Å². The summed E-state index contributed by atoms with van der Waals surface area (Å²) in [5.41, 5.74) is 4.00. The number of aryl methyl sites for hydroxylation is 2. The number of benzene rings is 1. The molecule has 19 heavy (non-hydrogen) atoms. The summed E-state index contributed by atoms with van der Waals surface area (Å²) in [5, 5.41) is 1.14. The van der Waals surface area contributed by atoms with Crippen LogP contribution in [0.3, 0.4) is 0 Å². The number of hydrogen-bond acceptors (Lipinski definition) is 2. The van der Waals surface area contributed by atoms with Crippen molar-refractivity contribution in [2.24, 2.45) is 0 Å². The number of thioether (sulfide) groups is 1. The van der Waals surface area contributed by atoms with Gasteiger partial charge in [-0.15, -0.1) is 0 Å². The first-order valence-electron chi connectivity index (χ1n) is 6.38. The van der Waals surface area contributed by atoms with Gasteiger partial charge in [0.15, 0.2) is 0 Å². The fraction of sp³-hybridized carbons (Fsp3) is 0.400. The second-order valence-electron chi connectivity index (χ2n) is 4.89. The van der Waals surface area contributed by atoms with Crippen LogP contribution in [0.15, 0.2) is 18.2 Å². The number of H-pyrrole nitrogens is 1. The summed E-state index contributed by atoms with van der Waals surface area (Å²) < 4.78 is 0. The standard InChI is InChI=1S/C15H20N2OS/c1-10-5-6-13-12(9-10)11(2)14(16-13)15(18)17(3)7-8-19-4/h5-6,9,16H,7-8H2,1-4H3. The van der Waals surface area contributed by atoms with E-state index in [0.29, 0.717) is 5.69 Å². The van der Waals surface area contributed by atoms with E-state index in [1.165, 1.54) is 5.56 Å². The highest BCUT2D eigenvalue weighted by Gasteiger charge is 2.17. The summed E-state index contributed by atoms with van der Waals surface area (Å²) in [6.45, 7) is 4.85. The highest BCUT2D eigenvalue weighted by molar-refractivity contribution is 7.98. The Labute approximate surface area is 118 Å². The Bertz CT molecular complexity index is 603. The lowest BCUT2D eigenvalue weighted by Crippen LogP contribution is -2.29. The second-order valence-corrected chi connectivity index (χ2v) is 5.88. The molecule has 2 aromatic rings. The Kier molecular flexibility index (Phi) is 4.20. The van der Waals surface area contributed by atoms with Gasteiger partial charge >= 0.3 is 0 Å². The molecule has 0 unspecified atom stereocenters. The molecule has 0 spiro atoms. The summed E-state index contributed by atoms with van der Waals surface area (Å²) in [7, 11) is 1.86. The van der Waals surface area contributed by atoms with Crippen LogP contribution < -0.4 is 0 Å². The van der Waals surface area contributed by atoms with Crippen molar-refractivity contribution in [2.75, 3.05) is 25.6 Å². The van der Waals surface area contributed by atoms with Crippen LogP contribution in [0.5, 0.6) is 0 Å². The average molecular weight is 276 g/mol. The van der Waals surface area contributed by atoms with Gasteiger partial charge in [-0.05, 0) is 37.8 Å². The Morgan fingerprint density at radius 1 is 1.37 bits per heavy atom. The van der Waals surface area contributed by atoms with Crippen molar-refractivity contribution < 1.29 is 4.79 Å². The van der Waals surface area contributed by atoms with Gasteiger partial charge in [0.25, 0.3) is 5.91 Å². The lowest BCUT2D eigenvalue weighted by molar-refractivity contribution is 0.0798. The summed E-state index contributed by atoms with van der Waals surface area (Å²) in [4.78, 5) is 17.4. The summed E-state index contributed by atoms with van der Waals surface area (Å²) in [5.74, 6) is 1.03. The molecular weight excluding hydrogens is 256 g/mol. The normalized spacial score (nSPS) is 10.9. The van der Waals surface area contributed by atoms with Crippen LogP contribution in [0.1, 0.15) is 21.6 Å². The number of nitrogens with one attached hydrogen (secondary N) is 1. The first-order chi connectivity index (χ1) is 9.04. The van der Waals surface area contributed by atoms with Crippen molar-refractivity contribution in [2.45, 2.75) is 13.8 Å². The van der Waals surface area contributed by atoms with Gasteiger partial charge in [0.1, 0.15) is 5.69 Å². The van der Waals surface area contributed by atoms with Crippen LogP contribution >= 0.6 is 11.8 Å². The molecule has 1 aromatic heterocycles. The van der Waals surface area contributed by atoms with E-state index in [4.69, 9.17) is 0 Å². The molecule has 0 fully saturated rings. The van der Waals surface area contributed by atoms with Crippen LogP contribution in [-0.4, -0.2) is 41.4 Å². The largest absolute Gasteiger partial charge is 0.350 e. The number of fused-ring (bicyclic) bond motifs is 1. The number of aromatic amines is 1. The third-order valence-corrected chi connectivity index (χ3v) is 4.00. The van der Waals surface area contributed by atoms with E-state index in [1.807, 2.05) is 20.0 Å². The molecule has 0 aliphatic carbocycles. The number of nitrogens with zero attached hydrogens (tertiary/aromatic N) is 1. The van der Waals surface area contributed by atoms with Crippen molar-refractivity contribution in [3.63, 3.8) is 0 Å². The predicted molar refractivity (Wildman–Crippen MR) is 83.1 cm³/mol. The monoisotopic (exact) mass is 276 g/mol. The van der Waals surface area contributed by atoms with Crippen LogP contribution in [0.2, 0.25) is 0 Å². The van der Waals surface area contributed by atoms with Gasteiger partial charge in [0.2, 0.25) is 0 Å². The van der Waals surface area contributed by atoms with Crippen LogP contribution in [0, 0.1) is 13.8 Å². The molecule has 0 aliphatic heterocycles. The molecule has 1 amide bonds. The van der Waals surface area contributed by atoms with E-state index in [1.54, 1.807) is 16.7 Å². The molecule has 1 N–H and O–H groups in total. The molecular formula is C15H20N2OS. The average Bonchev–Trinajstić information content (AvgIpc) is 2.72. The van der Waals surface area contributed by atoms with Gasteiger partial charge in [0.05, 0.1) is 0 Å². The van der Waals surface area contributed by atoms with E-state index in [0.717, 1.165) is 28.8 Å². The molecule has 0 radical (unpaired) electrons. The Hall–Kier alpha value is -1.42. The zero-order valence-electron chi connectivity index (χ0n) is 11.9. The minimum Gasteiger partial charge on any atom is -0.350 e. The Balaban J connectivity index is 2.34. The first-order valence-corrected chi connectivity index (χ1v) is 7.77. The molecule has 4 heteroatoms. The lowest BCUT2D eigenvalue weighted by Gasteiger charge is -2.16. The smallest absolute Gasteiger partial charge is 0.270 e. The molecule has 3 nitrogen and oxygen atoms in total.